The van der Waals surface area contributed by atoms with Gasteiger partial charge in [0.05, 0.1) is 23.3 Å². The molecule has 0 spiro atoms. The molecule has 0 fully saturated rings. The first-order valence-corrected chi connectivity index (χ1v) is 12.0. The Bertz CT molecular complexity index is 1130. The van der Waals surface area contributed by atoms with Crippen molar-refractivity contribution in [2.24, 2.45) is 0 Å². The Balaban J connectivity index is 1.58. The molecule has 4 heteroatoms. The fourth-order valence-electron chi connectivity index (χ4n) is 3.40. The average Bonchev–Trinajstić information content (AvgIpc) is 2.82. The maximum Gasteiger partial charge on any atom is 0.0997 e. The lowest BCUT2D eigenvalue weighted by molar-refractivity contribution is 0.967. The van der Waals surface area contributed by atoms with Crippen LogP contribution in [0, 0.1) is 22.7 Å². The summed E-state index contributed by atoms with van der Waals surface area (Å²) in [5.41, 5.74) is 5.80. The highest BCUT2D eigenvalue weighted by atomic mass is 79.9. The zero-order valence-corrected chi connectivity index (χ0v) is 20.7. The lowest BCUT2D eigenvalue weighted by atomic mass is 10.0. The van der Waals surface area contributed by atoms with Crippen LogP contribution in [0.1, 0.15) is 46.2 Å². The van der Waals surface area contributed by atoms with Crippen LogP contribution in [0.5, 0.6) is 0 Å². The number of benzene rings is 3. The third kappa shape index (κ3) is 6.54. The molecule has 0 heterocycles. The van der Waals surface area contributed by atoms with E-state index in [-0.39, 0.29) is 0 Å². The van der Waals surface area contributed by atoms with Gasteiger partial charge in [0.2, 0.25) is 0 Å². The van der Waals surface area contributed by atoms with Gasteiger partial charge in [-0.2, -0.15) is 10.5 Å². The van der Waals surface area contributed by atoms with E-state index in [4.69, 9.17) is 0 Å². The summed E-state index contributed by atoms with van der Waals surface area (Å²) in [5, 5.41) is 18.4. The predicted octanol–water partition coefficient (Wildman–Crippen LogP) is 8.25. The highest BCUT2D eigenvalue weighted by Gasteiger charge is 2.06. The minimum Gasteiger partial charge on any atom is -0.192 e. The fraction of sp³-hybridized carbons (Fsp3) is 0.143. The molecule has 3 aromatic carbocycles. The molecule has 3 rings (SSSR count). The van der Waals surface area contributed by atoms with Crippen LogP contribution in [0.15, 0.2) is 81.8 Å². The number of halogens is 2. The Labute approximate surface area is 206 Å². The number of aryl methyl sites for hydroxylation is 2. The molecular formula is C28H22Br2N2. The summed E-state index contributed by atoms with van der Waals surface area (Å²) in [7, 11) is 0. The molecule has 0 saturated heterocycles. The number of rotatable bonds is 8. The quantitative estimate of drug-likeness (QED) is 0.286. The van der Waals surface area contributed by atoms with Gasteiger partial charge in [0.15, 0.2) is 0 Å². The zero-order valence-electron chi connectivity index (χ0n) is 17.6. The van der Waals surface area contributed by atoms with E-state index >= 15 is 0 Å². The van der Waals surface area contributed by atoms with E-state index in [0.29, 0.717) is 11.1 Å². The smallest absolute Gasteiger partial charge is 0.0997 e. The molecule has 0 unspecified atom stereocenters. The van der Waals surface area contributed by atoms with Crippen LogP contribution in [-0.2, 0) is 12.8 Å². The lowest BCUT2D eigenvalue weighted by Crippen LogP contribution is -1.92. The highest BCUT2D eigenvalue weighted by molar-refractivity contribution is 9.11. The number of hydrogen-bond acceptors (Lipinski definition) is 2. The van der Waals surface area contributed by atoms with E-state index in [1.165, 1.54) is 11.1 Å². The van der Waals surface area contributed by atoms with Crippen molar-refractivity contribution in [2.75, 3.05) is 0 Å². The van der Waals surface area contributed by atoms with Gasteiger partial charge in [-0.1, -0.05) is 92.6 Å². The Hall–Kier alpha value is -2.92. The number of nitriles is 2. The van der Waals surface area contributed by atoms with Gasteiger partial charge in [0, 0.05) is 8.95 Å². The molecule has 0 N–H and O–H groups in total. The van der Waals surface area contributed by atoms with Crippen molar-refractivity contribution in [2.45, 2.75) is 25.7 Å². The van der Waals surface area contributed by atoms with Crippen LogP contribution < -0.4 is 0 Å². The van der Waals surface area contributed by atoms with E-state index in [1.807, 2.05) is 60.7 Å². The maximum atomic E-state index is 9.19. The van der Waals surface area contributed by atoms with Gasteiger partial charge in [-0.05, 0) is 72.2 Å². The van der Waals surface area contributed by atoms with E-state index in [0.717, 1.165) is 45.8 Å². The minimum atomic E-state index is 0.696. The number of nitrogens with zero attached hydrogens (tertiary/aromatic N) is 2. The molecular weight excluding hydrogens is 524 g/mol. The van der Waals surface area contributed by atoms with Crippen LogP contribution in [0.3, 0.4) is 0 Å². The van der Waals surface area contributed by atoms with E-state index in [2.05, 4.69) is 68.3 Å². The van der Waals surface area contributed by atoms with Crippen molar-refractivity contribution in [3.05, 3.63) is 115 Å². The van der Waals surface area contributed by atoms with Crippen molar-refractivity contribution in [1.82, 2.24) is 0 Å². The molecule has 0 bridgehead atoms. The number of allylic oxidation sites excluding steroid dienone is 2. The second-order valence-electron chi connectivity index (χ2n) is 7.32. The third-order valence-corrected chi connectivity index (χ3v) is 6.61. The summed E-state index contributed by atoms with van der Waals surface area (Å²) in [5.74, 6) is 0. The molecule has 2 nitrogen and oxygen atoms in total. The van der Waals surface area contributed by atoms with Crippen LogP contribution in [0.2, 0.25) is 0 Å². The summed E-state index contributed by atoms with van der Waals surface area (Å²) in [6, 6.07) is 24.1. The fourth-order valence-corrected chi connectivity index (χ4v) is 4.58. The van der Waals surface area contributed by atoms with Crippen molar-refractivity contribution in [3.8, 4) is 12.1 Å². The molecule has 0 radical (unpaired) electrons. The van der Waals surface area contributed by atoms with E-state index in [9.17, 15) is 10.5 Å². The Morgan fingerprint density at radius 1 is 0.656 bits per heavy atom. The molecule has 0 aromatic heterocycles. The van der Waals surface area contributed by atoms with Gasteiger partial charge in [0.1, 0.15) is 0 Å². The van der Waals surface area contributed by atoms with Gasteiger partial charge < -0.3 is 0 Å². The van der Waals surface area contributed by atoms with Gasteiger partial charge in [-0.25, -0.2) is 0 Å². The summed E-state index contributed by atoms with van der Waals surface area (Å²) < 4.78 is 2.22. The van der Waals surface area contributed by atoms with Crippen molar-refractivity contribution in [1.29, 1.82) is 10.5 Å². The summed E-state index contributed by atoms with van der Waals surface area (Å²) >= 11 is 7.45. The second-order valence-corrected chi connectivity index (χ2v) is 9.02. The highest BCUT2D eigenvalue weighted by Crippen LogP contribution is 2.28. The van der Waals surface area contributed by atoms with Crippen molar-refractivity contribution < 1.29 is 0 Å². The summed E-state index contributed by atoms with van der Waals surface area (Å²) in [4.78, 5) is 0. The Morgan fingerprint density at radius 2 is 1.06 bits per heavy atom. The van der Waals surface area contributed by atoms with Gasteiger partial charge >= 0.3 is 0 Å². The van der Waals surface area contributed by atoms with Crippen LogP contribution in [-0.4, -0.2) is 0 Å². The normalized spacial score (nSPS) is 11.0. The first kappa shape index (κ1) is 23.7. The maximum absolute atomic E-state index is 9.19. The lowest BCUT2D eigenvalue weighted by Gasteiger charge is -2.09. The van der Waals surface area contributed by atoms with Gasteiger partial charge in [-0.3, -0.25) is 0 Å². The molecule has 0 amide bonds. The molecule has 0 atom stereocenters. The molecule has 32 heavy (non-hydrogen) atoms. The van der Waals surface area contributed by atoms with Crippen molar-refractivity contribution in [3.63, 3.8) is 0 Å². The summed E-state index contributed by atoms with van der Waals surface area (Å²) in [6.07, 6.45) is 11.9. The van der Waals surface area contributed by atoms with Crippen LogP contribution in [0.25, 0.3) is 12.2 Å². The Morgan fingerprint density at radius 3 is 1.47 bits per heavy atom. The molecule has 158 valence electrons. The first-order valence-electron chi connectivity index (χ1n) is 10.4. The third-order valence-electron chi connectivity index (χ3n) is 5.13. The molecule has 0 aliphatic rings. The molecule has 0 aliphatic heterocycles. The SMILES string of the molecule is N#Cc1ccccc1/C=C/CCc1cc(Br)c(CC/C=C/c2ccccc2C#N)cc1Br. The van der Waals surface area contributed by atoms with Crippen molar-refractivity contribution >= 4 is 44.0 Å². The molecule has 3 aromatic rings. The second kappa shape index (κ2) is 12.2. The zero-order chi connectivity index (χ0) is 22.8. The summed E-state index contributed by atoms with van der Waals surface area (Å²) in [6.45, 7) is 0. The van der Waals surface area contributed by atoms with Gasteiger partial charge in [-0.15, -0.1) is 0 Å². The standard InChI is InChI=1S/C28H22Br2N2/c29-27-18-24(14-6-2-10-22-12-4-8-16-26(22)20-32)28(30)17-23(27)13-5-1-9-21-11-3-7-15-25(21)19-31/h1-4,7-12,15-18H,5-6,13-14H2/b9-1+,10-2+. The predicted molar refractivity (Wildman–Crippen MR) is 139 cm³/mol. The van der Waals surface area contributed by atoms with E-state index < -0.39 is 0 Å². The minimum absolute atomic E-state index is 0.696. The first-order chi connectivity index (χ1) is 15.6. The van der Waals surface area contributed by atoms with Crippen LogP contribution >= 0.6 is 31.9 Å². The average molecular weight is 546 g/mol. The van der Waals surface area contributed by atoms with Crippen LogP contribution in [0.4, 0.5) is 0 Å². The monoisotopic (exact) mass is 544 g/mol. The van der Waals surface area contributed by atoms with Gasteiger partial charge in [0.25, 0.3) is 0 Å². The topological polar surface area (TPSA) is 47.6 Å². The molecule has 0 aliphatic carbocycles. The largest absolute Gasteiger partial charge is 0.192 e. The molecule has 0 saturated carbocycles. The van der Waals surface area contributed by atoms with E-state index in [1.54, 1.807) is 0 Å². The number of hydrogen-bond donors (Lipinski definition) is 0. The Kier molecular flexibility index (Phi) is 9.05.